The number of halogens is 1. The SMILES string of the molecule is CCC1CCCCN1CCNC(=NC)NCCNC(=O)C(C)(C)C.I. The molecule has 7 heteroatoms. The second-order valence-electron chi connectivity index (χ2n) is 7.53. The Morgan fingerprint density at radius 3 is 2.36 bits per heavy atom. The molecule has 1 aliphatic rings. The number of guanidine groups is 1. The van der Waals surface area contributed by atoms with E-state index in [0.29, 0.717) is 13.1 Å². The zero-order valence-corrected chi connectivity index (χ0v) is 19.0. The van der Waals surface area contributed by atoms with Crippen LogP contribution in [0.1, 0.15) is 53.4 Å². The Morgan fingerprint density at radius 2 is 1.76 bits per heavy atom. The van der Waals surface area contributed by atoms with E-state index in [4.69, 9.17) is 0 Å². The van der Waals surface area contributed by atoms with Gasteiger partial charge in [0.15, 0.2) is 5.96 Å². The molecule has 3 N–H and O–H groups in total. The van der Waals surface area contributed by atoms with Crippen LogP contribution in [0.5, 0.6) is 0 Å². The summed E-state index contributed by atoms with van der Waals surface area (Å²) in [5.74, 6) is 0.869. The number of carbonyl (C=O) groups excluding carboxylic acids is 1. The number of nitrogens with one attached hydrogen (secondary N) is 3. The third-order valence-electron chi connectivity index (χ3n) is 4.52. The van der Waals surface area contributed by atoms with Crippen molar-refractivity contribution >= 4 is 35.8 Å². The second-order valence-corrected chi connectivity index (χ2v) is 7.53. The maximum Gasteiger partial charge on any atom is 0.225 e. The molecule has 0 saturated carbocycles. The molecule has 1 saturated heterocycles. The molecule has 0 aromatic rings. The van der Waals surface area contributed by atoms with Gasteiger partial charge in [-0.1, -0.05) is 34.1 Å². The number of carbonyl (C=O) groups is 1. The highest BCUT2D eigenvalue weighted by Gasteiger charge is 2.21. The van der Waals surface area contributed by atoms with Crippen molar-refractivity contribution in [3.05, 3.63) is 0 Å². The molecule has 1 unspecified atom stereocenters. The van der Waals surface area contributed by atoms with Crippen molar-refractivity contribution in [3.63, 3.8) is 0 Å². The molecule has 1 amide bonds. The summed E-state index contributed by atoms with van der Waals surface area (Å²) < 4.78 is 0. The van der Waals surface area contributed by atoms with Crippen LogP contribution in [0, 0.1) is 5.41 Å². The molecule has 0 bridgehead atoms. The van der Waals surface area contributed by atoms with Crippen LogP contribution in [0.25, 0.3) is 0 Å². The number of piperidine rings is 1. The summed E-state index contributed by atoms with van der Waals surface area (Å²) in [7, 11) is 1.78. The summed E-state index contributed by atoms with van der Waals surface area (Å²) in [5.41, 5.74) is -0.343. The third-order valence-corrected chi connectivity index (χ3v) is 4.52. The lowest BCUT2D eigenvalue weighted by molar-refractivity contribution is -0.128. The fourth-order valence-corrected chi connectivity index (χ4v) is 2.98. The van der Waals surface area contributed by atoms with Gasteiger partial charge < -0.3 is 16.0 Å². The topological polar surface area (TPSA) is 68.8 Å². The van der Waals surface area contributed by atoms with Crippen LogP contribution in [-0.2, 0) is 4.79 Å². The molecule has 0 spiro atoms. The van der Waals surface area contributed by atoms with E-state index in [1.165, 1.54) is 32.2 Å². The normalized spacial score (nSPS) is 19.1. The molecule has 1 heterocycles. The molecule has 0 aliphatic carbocycles. The molecule has 1 atom stereocenters. The minimum atomic E-state index is -0.343. The van der Waals surface area contributed by atoms with Crippen LogP contribution in [0.4, 0.5) is 0 Å². The Hall–Kier alpha value is -0.570. The molecule has 1 aliphatic heterocycles. The van der Waals surface area contributed by atoms with Gasteiger partial charge in [0, 0.05) is 44.7 Å². The summed E-state index contributed by atoms with van der Waals surface area (Å²) in [6.45, 7) is 12.5. The first kappa shape index (κ1) is 24.4. The van der Waals surface area contributed by atoms with E-state index >= 15 is 0 Å². The van der Waals surface area contributed by atoms with Crippen LogP contribution in [0.3, 0.4) is 0 Å². The molecule has 0 radical (unpaired) electrons. The molecule has 6 nitrogen and oxygen atoms in total. The molecule has 0 aromatic carbocycles. The van der Waals surface area contributed by atoms with E-state index in [1.807, 2.05) is 20.8 Å². The first-order valence-corrected chi connectivity index (χ1v) is 9.35. The van der Waals surface area contributed by atoms with E-state index in [0.717, 1.165) is 25.1 Å². The summed E-state index contributed by atoms with van der Waals surface area (Å²) in [6, 6.07) is 0.739. The molecule has 148 valence electrons. The minimum Gasteiger partial charge on any atom is -0.355 e. The minimum absolute atomic E-state index is 0. The van der Waals surface area contributed by atoms with Crippen molar-refractivity contribution in [2.45, 2.75) is 59.4 Å². The van der Waals surface area contributed by atoms with Gasteiger partial charge in [-0.15, -0.1) is 24.0 Å². The summed E-state index contributed by atoms with van der Waals surface area (Å²) in [5, 5.41) is 9.54. The zero-order chi connectivity index (χ0) is 18.0. The number of likely N-dealkylation sites (tertiary alicyclic amines) is 1. The van der Waals surface area contributed by atoms with Gasteiger partial charge in [-0.3, -0.25) is 14.7 Å². The predicted octanol–water partition coefficient (Wildman–Crippen LogP) is 2.20. The monoisotopic (exact) mass is 467 g/mol. The van der Waals surface area contributed by atoms with Crippen LogP contribution < -0.4 is 16.0 Å². The highest BCUT2D eigenvalue weighted by atomic mass is 127. The van der Waals surface area contributed by atoms with E-state index in [2.05, 4.69) is 32.8 Å². The molecule has 1 fully saturated rings. The summed E-state index contributed by atoms with van der Waals surface area (Å²) in [6.07, 6.45) is 5.25. The average molecular weight is 467 g/mol. The fourth-order valence-electron chi connectivity index (χ4n) is 2.98. The van der Waals surface area contributed by atoms with Crippen LogP contribution >= 0.6 is 24.0 Å². The van der Waals surface area contributed by atoms with Crippen molar-refractivity contribution < 1.29 is 4.79 Å². The quantitative estimate of drug-likeness (QED) is 0.233. The lowest BCUT2D eigenvalue weighted by Gasteiger charge is -2.35. The number of hydrogen-bond acceptors (Lipinski definition) is 3. The maximum absolute atomic E-state index is 11.8. The van der Waals surface area contributed by atoms with Gasteiger partial charge in [-0.25, -0.2) is 0 Å². The Kier molecular flexibility index (Phi) is 12.4. The van der Waals surface area contributed by atoms with Gasteiger partial charge >= 0.3 is 0 Å². The first-order valence-electron chi connectivity index (χ1n) is 9.35. The van der Waals surface area contributed by atoms with Crippen molar-refractivity contribution in [1.82, 2.24) is 20.9 Å². The van der Waals surface area contributed by atoms with E-state index in [-0.39, 0.29) is 35.3 Å². The van der Waals surface area contributed by atoms with E-state index < -0.39 is 0 Å². The Morgan fingerprint density at radius 1 is 1.12 bits per heavy atom. The first-order chi connectivity index (χ1) is 11.4. The molecule has 25 heavy (non-hydrogen) atoms. The van der Waals surface area contributed by atoms with Crippen molar-refractivity contribution in [2.24, 2.45) is 10.4 Å². The lowest BCUT2D eigenvalue weighted by Crippen LogP contribution is -2.47. The Bertz CT molecular complexity index is 409. The predicted molar refractivity (Wildman–Crippen MR) is 117 cm³/mol. The van der Waals surface area contributed by atoms with E-state index in [9.17, 15) is 4.79 Å². The summed E-state index contributed by atoms with van der Waals surface area (Å²) >= 11 is 0. The van der Waals surface area contributed by atoms with Gasteiger partial charge in [0.25, 0.3) is 0 Å². The van der Waals surface area contributed by atoms with Crippen LogP contribution in [0.15, 0.2) is 4.99 Å². The number of rotatable bonds is 7. The maximum atomic E-state index is 11.8. The smallest absolute Gasteiger partial charge is 0.225 e. The number of aliphatic imine (C=N–C) groups is 1. The number of hydrogen-bond donors (Lipinski definition) is 3. The Balaban J connectivity index is 0.00000576. The largest absolute Gasteiger partial charge is 0.355 e. The number of amides is 1. The van der Waals surface area contributed by atoms with Gasteiger partial charge in [0.05, 0.1) is 0 Å². The molecular weight excluding hydrogens is 429 g/mol. The third kappa shape index (κ3) is 9.63. The van der Waals surface area contributed by atoms with Gasteiger partial charge in [0.1, 0.15) is 0 Å². The standard InChI is InChI=1S/C18H37N5O.HI/c1-6-15-9-7-8-13-23(15)14-12-22-17(19-5)21-11-10-20-16(24)18(2,3)4;/h15H,6-14H2,1-5H3,(H,20,24)(H2,19,21,22);1H. The van der Waals surface area contributed by atoms with Crippen LogP contribution in [-0.4, -0.2) is 62.6 Å². The van der Waals surface area contributed by atoms with Crippen LogP contribution in [0.2, 0.25) is 0 Å². The van der Waals surface area contributed by atoms with Gasteiger partial charge in [-0.2, -0.15) is 0 Å². The molecule has 0 aromatic heterocycles. The van der Waals surface area contributed by atoms with Crippen molar-refractivity contribution in [2.75, 3.05) is 39.8 Å². The summed E-state index contributed by atoms with van der Waals surface area (Å²) in [4.78, 5) is 18.6. The van der Waals surface area contributed by atoms with E-state index in [1.54, 1.807) is 7.05 Å². The number of nitrogens with zero attached hydrogens (tertiary/aromatic N) is 2. The lowest BCUT2D eigenvalue weighted by atomic mass is 9.96. The van der Waals surface area contributed by atoms with Gasteiger partial charge in [-0.05, 0) is 25.8 Å². The zero-order valence-electron chi connectivity index (χ0n) is 16.7. The van der Waals surface area contributed by atoms with Crippen molar-refractivity contribution in [1.29, 1.82) is 0 Å². The van der Waals surface area contributed by atoms with Gasteiger partial charge in [0.2, 0.25) is 5.91 Å². The Labute approximate surface area is 171 Å². The fraction of sp³-hybridized carbons (Fsp3) is 0.889. The highest BCUT2D eigenvalue weighted by molar-refractivity contribution is 14.0. The second kappa shape index (κ2) is 12.7. The highest BCUT2D eigenvalue weighted by Crippen LogP contribution is 2.18. The van der Waals surface area contributed by atoms with Crippen molar-refractivity contribution in [3.8, 4) is 0 Å². The molecule has 1 rings (SSSR count). The average Bonchev–Trinajstić information content (AvgIpc) is 2.56. The molecular formula is C18H38IN5O.